The van der Waals surface area contributed by atoms with Crippen LogP contribution in [0.3, 0.4) is 0 Å². The van der Waals surface area contributed by atoms with Crippen molar-refractivity contribution >= 4 is 19.8 Å². The Labute approximate surface area is 315 Å². The predicted molar refractivity (Wildman–Crippen MR) is 212 cm³/mol. The van der Waals surface area contributed by atoms with Gasteiger partial charge in [-0.2, -0.15) is 0 Å². The Kier molecular flexibility index (Phi) is 35.3. The maximum absolute atomic E-state index is 12.5. The van der Waals surface area contributed by atoms with E-state index in [0.717, 1.165) is 51.4 Å². The number of aliphatic hydroxyl groups is 1. The maximum atomic E-state index is 12.5. The molecule has 0 heterocycles. The Morgan fingerprint density at radius 1 is 0.673 bits per heavy atom. The summed E-state index contributed by atoms with van der Waals surface area (Å²) in [5.41, 5.74) is 5.32. The van der Waals surface area contributed by atoms with Crippen LogP contribution in [0.1, 0.15) is 149 Å². The van der Waals surface area contributed by atoms with Gasteiger partial charge in [0.2, 0.25) is 0 Å². The van der Waals surface area contributed by atoms with Crippen molar-refractivity contribution in [1.29, 1.82) is 0 Å². The number of aliphatic hydroxyl groups excluding tert-OH is 1. The molecule has 0 saturated heterocycles. The normalized spacial score (nSPS) is 14.6. The molecule has 0 rings (SSSR count). The quantitative estimate of drug-likeness (QED) is 0.0185. The summed E-state index contributed by atoms with van der Waals surface area (Å²) >= 11 is 0. The van der Waals surface area contributed by atoms with Crippen LogP contribution in [0.15, 0.2) is 60.8 Å². The number of phosphoric ester groups is 1. The summed E-state index contributed by atoms with van der Waals surface area (Å²) in [6, 6.07) is 0. The number of esters is 2. The highest BCUT2D eigenvalue weighted by Gasteiger charge is 2.25. The summed E-state index contributed by atoms with van der Waals surface area (Å²) in [5.74, 6) is -0.979. The van der Waals surface area contributed by atoms with E-state index in [0.29, 0.717) is 25.7 Å². The van der Waals surface area contributed by atoms with Crippen molar-refractivity contribution in [1.82, 2.24) is 0 Å². The third-order valence-corrected chi connectivity index (χ3v) is 8.94. The van der Waals surface area contributed by atoms with Gasteiger partial charge in [-0.3, -0.25) is 18.6 Å². The standard InChI is InChI=1S/C41H72NO9P/c1-3-5-7-9-11-13-15-16-17-19-21-23-28-32-40(44)48-36-39(37-50-52(46,47)49-35-34-42)51-41(45)33-29-25-24-27-31-38(43)30-26-22-20-18-14-12-10-8-6-4-2/h12-15,20,22,24,26-27,30,38-39,43H,3-11,16-19,21,23,25,28-29,31-37,42H2,1-2H3,(H,46,47). The monoisotopic (exact) mass is 753 g/mol. The molecule has 0 saturated carbocycles. The van der Waals surface area contributed by atoms with Crippen LogP contribution in [0.25, 0.3) is 0 Å². The third-order valence-electron chi connectivity index (χ3n) is 7.96. The van der Waals surface area contributed by atoms with E-state index in [1.54, 1.807) is 6.08 Å². The zero-order chi connectivity index (χ0) is 38.4. The predicted octanol–water partition coefficient (Wildman–Crippen LogP) is 9.91. The lowest BCUT2D eigenvalue weighted by molar-refractivity contribution is -0.161. The summed E-state index contributed by atoms with van der Waals surface area (Å²) < 4.78 is 32.5. The molecule has 0 aromatic rings. The largest absolute Gasteiger partial charge is 0.472 e. The van der Waals surface area contributed by atoms with Crippen molar-refractivity contribution in [3.8, 4) is 0 Å². The van der Waals surface area contributed by atoms with Gasteiger partial charge in [0.25, 0.3) is 0 Å². The second-order valence-corrected chi connectivity index (χ2v) is 14.4. The SMILES string of the molecule is CCCCCC=CCC=CC=CC(O)CC=CCCCC(=O)OC(COC(=O)CCCCCCCC=CCCCCCC)COP(=O)(O)OCCN. The van der Waals surface area contributed by atoms with Gasteiger partial charge in [-0.05, 0) is 70.6 Å². The summed E-state index contributed by atoms with van der Waals surface area (Å²) in [4.78, 5) is 34.7. The minimum atomic E-state index is -4.42. The van der Waals surface area contributed by atoms with Crippen LogP contribution in [0, 0.1) is 0 Å². The molecule has 4 N–H and O–H groups in total. The molecule has 0 bridgehead atoms. The molecule has 10 nitrogen and oxygen atoms in total. The molecule has 11 heteroatoms. The van der Waals surface area contributed by atoms with Gasteiger partial charge >= 0.3 is 19.8 Å². The summed E-state index contributed by atoms with van der Waals surface area (Å²) in [7, 11) is -4.42. The molecule has 0 spiro atoms. The van der Waals surface area contributed by atoms with Crippen molar-refractivity contribution in [2.24, 2.45) is 5.73 Å². The van der Waals surface area contributed by atoms with Gasteiger partial charge < -0.3 is 25.2 Å². The average Bonchev–Trinajstić information content (AvgIpc) is 3.12. The van der Waals surface area contributed by atoms with Crippen molar-refractivity contribution in [3.63, 3.8) is 0 Å². The second-order valence-electron chi connectivity index (χ2n) is 13.0. The molecule has 0 aliphatic carbocycles. The first kappa shape index (κ1) is 49.7. The molecule has 0 radical (unpaired) electrons. The number of nitrogens with two attached hydrogens (primary N) is 1. The maximum Gasteiger partial charge on any atom is 0.472 e. The van der Waals surface area contributed by atoms with E-state index in [1.807, 2.05) is 30.4 Å². The van der Waals surface area contributed by atoms with Crippen LogP contribution < -0.4 is 5.73 Å². The van der Waals surface area contributed by atoms with E-state index in [-0.39, 0.29) is 32.6 Å². The molecule has 0 fully saturated rings. The number of carbonyl (C=O) groups is 2. The van der Waals surface area contributed by atoms with Crippen LogP contribution in [-0.4, -0.2) is 60.5 Å². The molecule has 0 aromatic carbocycles. The molecule has 0 aliphatic heterocycles. The lowest BCUT2D eigenvalue weighted by Crippen LogP contribution is -2.29. The minimum Gasteiger partial charge on any atom is -0.462 e. The van der Waals surface area contributed by atoms with E-state index >= 15 is 0 Å². The number of allylic oxidation sites excluding steroid dienone is 8. The van der Waals surface area contributed by atoms with Crippen LogP contribution in [0.5, 0.6) is 0 Å². The first-order valence-corrected chi connectivity index (χ1v) is 21.4. The van der Waals surface area contributed by atoms with Gasteiger partial charge in [0.15, 0.2) is 6.10 Å². The van der Waals surface area contributed by atoms with Gasteiger partial charge in [0.05, 0.1) is 19.3 Å². The molecule has 3 unspecified atom stereocenters. The van der Waals surface area contributed by atoms with Gasteiger partial charge in [0, 0.05) is 19.4 Å². The number of unbranched alkanes of at least 4 members (excludes halogenated alkanes) is 13. The highest BCUT2D eigenvalue weighted by molar-refractivity contribution is 7.47. The van der Waals surface area contributed by atoms with Crippen molar-refractivity contribution in [2.75, 3.05) is 26.4 Å². The zero-order valence-corrected chi connectivity index (χ0v) is 33.3. The Morgan fingerprint density at radius 2 is 1.25 bits per heavy atom. The lowest BCUT2D eigenvalue weighted by Gasteiger charge is -2.19. The molecule has 3 atom stereocenters. The van der Waals surface area contributed by atoms with Gasteiger partial charge in [-0.1, -0.05) is 126 Å². The van der Waals surface area contributed by atoms with E-state index in [4.69, 9.17) is 24.3 Å². The second kappa shape index (κ2) is 37.0. The summed E-state index contributed by atoms with van der Waals surface area (Å²) in [5, 5.41) is 10.1. The van der Waals surface area contributed by atoms with Crippen molar-refractivity contribution in [3.05, 3.63) is 60.8 Å². The molecule has 52 heavy (non-hydrogen) atoms. The Morgan fingerprint density at radius 3 is 1.96 bits per heavy atom. The summed E-state index contributed by atoms with van der Waals surface area (Å²) in [6.07, 6.45) is 38.5. The number of carbonyl (C=O) groups excluding carboxylic acids is 2. The molecule has 0 aromatic heterocycles. The van der Waals surface area contributed by atoms with E-state index < -0.39 is 38.6 Å². The molecule has 0 aliphatic rings. The third kappa shape index (κ3) is 36.0. The topological polar surface area (TPSA) is 155 Å². The van der Waals surface area contributed by atoms with Crippen LogP contribution >= 0.6 is 7.82 Å². The van der Waals surface area contributed by atoms with Crippen molar-refractivity contribution < 1.29 is 42.7 Å². The first-order valence-electron chi connectivity index (χ1n) is 19.9. The zero-order valence-electron chi connectivity index (χ0n) is 32.4. The molecule has 0 amide bonds. The number of ether oxygens (including phenoxy) is 2. The fourth-order valence-corrected chi connectivity index (χ4v) is 5.70. The van der Waals surface area contributed by atoms with Gasteiger partial charge in [-0.15, -0.1) is 0 Å². The van der Waals surface area contributed by atoms with Crippen molar-refractivity contribution in [2.45, 2.75) is 161 Å². The smallest absolute Gasteiger partial charge is 0.462 e. The van der Waals surface area contributed by atoms with Crippen LogP contribution in [0.4, 0.5) is 0 Å². The highest BCUT2D eigenvalue weighted by atomic mass is 31.2. The number of rotatable bonds is 36. The van der Waals surface area contributed by atoms with Crippen LogP contribution in [-0.2, 0) is 32.7 Å². The van der Waals surface area contributed by atoms with E-state index in [1.165, 1.54) is 44.9 Å². The molecular formula is C41H72NO9P. The van der Waals surface area contributed by atoms with E-state index in [9.17, 15) is 24.2 Å². The molecule has 300 valence electrons. The average molecular weight is 754 g/mol. The fourth-order valence-electron chi connectivity index (χ4n) is 4.94. The first-order chi connectivity index (χ1) is 25.2. The number of hydrogen-bond donors (Lipinski definition) is 3. The lowest BCUT2D eigenvalue weighted by atomic mass is 10.1. The highest BCUT2D eigenvalue weighted by Crippen LogP contribution is 2.43. The van der Waals surface area contributed by atoms with E-state index in [2.05, 4.69) is 38.2 Å². The number of hydrogen-bond acceptors (Lipinski definition) is 9. The van der Waals surface area contributed by atoms with Crippen LogP contribution in [0.2, 0.25) is 0 Å². The fraction of sp³-hybridized carbons (Fsp3) is 0.707. The Bertz CT molecular complexity index is 1060. The molecular weight excluding hydrogens is 681 g/mol. The Hall–Kier alpha value is -2.33. The summed E-state index contributed by atoms with van der Waals surface area (Å²) in [6.45, 7) is 3.48. The van der Waals surface area contributed by atoms with Gasteiger partial charge in [0.1, 0.15) is 6.61 Å². The Balaban J connectivity index is 4.43. The number of phosphoric acid groups is 1. The van der Waals surface area contributed by atoms with Gasteiger partial charge in [-0.25, -0.2) is 4.57 Å². The minimum absolute atomic E-state index is 0.0268.